The van der Waals surface area contributed by atoms with E-state index in [1.54, 1.807) is 0 Å². The molecule has 0 fully saturated rings. The third-order valence-corrected chi connectivity index (χ3v) is 2.13. The summed E-state index contributed by atoms with van der Waals surface area (Å²) in [6, 6.07) is 0. The van der Waals surface area contributed by atoms with E-state index in [0.717, 1.165) is 0 Å². The molecule has 0 spiro atoms. The maximum Gasteiger partial charge on any atom is 0.316 e. The predicted molar refractivity (Wildman–Crippen MR) is 44.9 cm³/mol. The number of hydrogen-bond acceptors (Lipinski definition) is 2. The van der Waals surface area contributed by atoms with Crippen LogP contribution >= 0.6 is 24.2 Å². The summed E-state index contributed by atoms with van der Waals surface area (Å²) >= 11 is 9.33. The van der Waals surface area contributed by atoms with Crippen LogP contribution < -0.4 is 0 Å². The number of rotatable bonds is 4. The molecule has 0 aliphatic rings. The van der Waals surface area contributed by atoms with Gasteiger partial charge in [-0.15, -0.1) is 11.6 Å². The van der Waals surface area contributed by atoms with Crippen LogP contribution in [0.2, 0.25) is 0 Å². The van der Waals surface area contributed by atoms with Crippen molar-refractivity contribution in [2.75, 3.05) is 5.88 Å². The maximum atomic E-state index is 10.2. The van der Waals surface area contributed by atoms with Crippen molar-refractivity contribution in [2.45, 2.75) is 18.6 Å². The fourth-order valence-corrected chi connectivity index (χ4v) is 1.03. The molecule has 2 atom stereocenters. The number of alkyl halides is 1. The Kier molecular flexibility index (Phi) is 4.91. The third-order valence-electron chi connectivity index (χ3n) is 1.17. The van der Waals surface area contributed by atoms with Gasteiger partial charge in [-0.2, -0.15) is 12.6 Å². The molecule has 60 valence electrons. The topological polar surface area (TPSA) is 37.3 Å². The average molecular weight is 183 g/mol. The quantitative estimate of drug-likeness (QED) is 0.513. The molecule has 2 nitrogen and oxygen atoms in total. The highest BCUT2D eigenvalue weighted by Gasteiger charge is 2.14. The Morgan fingerprint density at radius 3 is 2.60 bits per heavy atom. The normalized spacial score (nSPS) is 16.3. The molecule has 0 bridgehead atoms. The zero-order valence-corrected chi connectivity index (χ0v) is 7.40. The summed E-state index contributed by atoms with van der Waals surface area (Å²) in [6.45, 7) is 1.90. The molecule has 0 aliphatic heterocycles. The van der Waals surface area contributed by atoms with Gasteiger partial charge in [0.15, 0.2) is 0 Å². The lowest BCUT2D eigenvalue weighted by Crippen LogP contribution is -2.17. The minimum atomic E-state index is -0.875. The Balaban J connectivity index is 3.56. The van der Waals surface area contributed by atoms with Crippen LogP contribution in [0.5, 0.6) is 0 Å². The molecule has 0 aromatic carbocycles. The Labute approximate surface area is 71.0 Å². The van der Waals surface area contributed by atoms with E-state index < -0.39 is 11.2 Å². The lowest BCUT2D eigenvalue weighted by Gasteiger charge is -2.09. The van der Waals surface area contributed by atoms with Crippen molar-refractivity contribution in [3.05, 3.63) is 0 Å². The molecule has 0 amide bonds. The van der Waals surface area contributed by atoms with Gasteiger partial charge in [0.05, 0.1) is 5.25 Å². The summed E-state index contributed by atoms with van der Waals surface area (Å²) in [7, 11) is 0. The van der Waals surface area contributed by atoms with Gasteiger partial charge in [0.25, 0.3) is 0 Å². The van der Waals surface area contributed by atoms with E-state index in [4.69, 9.17) is 16.7 Å². The number of carboxylic acid groups (broad SMARTS) is 1. The zero-order chi connectivity index (χ0) is 8.15. The van der Waals surface area contributed by atoms with Gasteiger partial charge in [-0.05, 0) is 12.3 Å². The first-order valence-electron chi connectivity index (χ1n) is 3.04. The van der Waals surface area contributed by atoms with Crippen molar-refractivity contribution < 1.29 is 9.90 Å². The van der Waals surface area contributed by atoms with Crippen LogP contribution in [0.3, 0.4) is 0 Å². The first kappa shape index (κ1) is 10.1. The largest absolute Gasteiger partial charge is 0.480 e. The van der Waals surface area contributed by atoms with Crippen LogP contribution in [0.15, 0.2) is 0 Å². The fourth-order valence-electron chi connectivity index (χ4n) is 0.545. The molecule has 0 rings (SSSR count). The van der Waals surface area contributed by atoms with Gasteiger partial charge < -0.3 is 5.11 Å². The van der Waals surface area contributed by atoms with E-state index in [0.29, 0.717) is 12.3 Å². The van der Waals surface area contributed by atoms with Crippen LogP contribution in [-0.4, -0.2) is 22.2 Å². The van der Waals surface area contributed by atoms with E-state index in [1.807, 2.05) is 6.92 Å². The smallest absolute Gasteiger partial charge is 0.316 e. The van der Waals surface area contributed by atoms with Crippen molar-refractivity contribution in [2.24, 2.45) is 5.92 Å². The Hall–Kier alpha value is 0.110. The molecule has 4 heteroatoms. The first-order valence-corrected chi connectivity index (χ1v) is 4.09. The van der Waals surface area contributed by atoms with E-state index in [-0.39, 0.29) is 5.92 Å². The monoisotopic (exact) mass is 182 g/mol. The number of halogens is 1. The summed E-state index contributed by atoms with van der Waals surface area (Å²) in [5.74, 6) is -0.162. The second kappa shape index (κ2) is 4.85. The van der Waals surface area contributed by atoms with Crippen LogP contribution in [0.1, 0.15) is 13.3 Å². The van der Waals surface area contributed by atoms with Crippen LogP contribution in [0, 0.1) is 5.92 Å². The van der Waals surface area contributed by atoms with Crippen molar-refractivity contribution >= 4 is 30.2 Å². The van der Waals surface area contributed by atoms with E-state index in [2.05, 4.69) is 12.6 Å². The summed E-state index contributed by atoms with van der Waals surface area (Å²) in [5.41, 5.74) is 0. The third kappa shape index (κ3) is 4.01. The Morgan fingerprint density at radius 1 is 1.80 bits per heavy atom. The number of aliphatic carboxylic acids is 1. The highest BCUT2D eigenvalue weighted by molar-refractivity contribution is 7.81. The Bertz CT molecular complexity index is 118. The lowest BCUT2D eigenvalue weighted by molar-refractivity contribution is -0.136. The Morgan fingerprint density at radius 2 is 2.30 bits per heavy atom. The molecule has 0 aliphatic carbocycles. The molecule has 0 saturated carbocycles. The predicted octanol–water partition coefficient (Wildman–Crippen LogP) is 1.63. The van der Waals surface area contributed by atoms with Gasteiger partial charge in [0.2, 0.25) is 0 Å². The van der Waals surface area contributed by atoms with Gasteiger partial charge in [-0.1, -0.05) is 6.92 Å². The van der Waals surface area contributed by atoms with Crippen LogP contribution in [-0.2, 0) is 4.79 Å². The van der Waals surface area contributed by atoms with Crippen LogP contribution in [0.4, 0.5) is 0 Å². The van der Waals surface area contributed by atoms with Gasteiger partial charge in [0.1, 0.15) is 0 Å². The number of thiol groups is 1. The molecular formula is C6H11ClO2S. The molecule has 0 radical (unpaired) electrons. The first-order chi connectivity index (χ1) is 4.57. The van der Waals surface area contributed by atoms with Gasteiger partial charge in [-0.3, -0.25) is 4.79 Å². The second-order valence-electron chi connectivity index (χ2n) is 2.35. The standard InChI is InChI=1S/C6H11ClO2S/c1-4(3-7)2-5(10)6(8)9/h4-5,10H,2-3H2,1H3,(H,8,9). The molecule has 0 aromatic heterocycles. The van der Waals surface area contributed by atoms with E-state index in [9.17, 15) is 4.79 Å². The molecule has 2 unspecified atom stereocenters. The minimum absolute atomic E-state index is 0.222. The highest BCUT2D eigenvalue weighted by Crippen LogP contribution is 2.11. The number of carbonyl (C=O) groups is 1. The fraction of sp³-hybridized carbons (Fsp3) is 0.833. The molecule has 0 heterocycles. The van der Waals surface area contributed by atoms with Crippen molar-refractivity contribution in [3.8, 4) is 0 Å². The summed E-state index contributed by atoms with van der Waals surface area (Å²) in [4.78, 5) is 10.2. The molecule has 0 saturated heterocycles. The summed E-state index contributed by atoms with van der Waals surface area (Å²) in [6.07, 6.45) is 0.530. The van der Waals surface area contributed by atoms with Crippen molar-refractivity contribution in [1.82, 2.24) is 0 Å². The maximum absolute atomic E-state index is 10.2. The molecular weight excluding hydrogens is 172 g/mol. The van der Waals surface area contributed by atoms with Crippen molar-refractivity contribution in [3.63, 3.8) is 0 Å². The average Bonchev–Trinajstić information content (AvgIpc) is 1.87. The zero-order valence-electron chi connectivity index (χ0n) is 5.75. The molecule has 10 heavy (non-hydrogen) atoms. The SMILES string of the molecule is CC(CCl)CC(S)C(=O)O. The molecule has 0 aromatic rings. The number of hydrogen-bond donors (Lipinski definition) is 2. The number of carboxylic acids is 1. The van der Waals surface area contributed by atoms with Gasteiger partial charge in [0, 0.05) is 5.88 Å². The van der Waals surface area contributed by atoms with Gasteiger partial charge in [-0.25, -0.2) is 0 Å². The summed E-state index contributed by atoms with van der Waals surface area (Å²) in [5, 5.41) is 7.83. The van der Waals surface area contributed by atoms with Crippen molar-refractivity contribution in [1.29, 1.82) is 0 Å². The summed E-state index contributed by atoms with van der Waals surface area (Å²) < 4.78 is 0. The van der Waals surface area contributed by atoms with Crippen LogP contribution in [0.25, 0.3) is 0 Å². The second-order valence-corrected chi connectivity index (χ2v) is 3.28. The minimum Gasteiger partial charge on any atom is -0.480 e. The highest BCUT2D eigenvalue weighted by atomic mass is 35.5. The lowest BCUT2D eigenvalue weighted by atomic mass is 10.1. The van der Waals surface area contributed by atoms with E-state index >= 15 is 0 Å². The van der Waals surface area contributed by atoms with E-state index in [1.165, 1.54) is 0 Å². The molecule has 1 N–H and O–H groups in total. The van der Waals surface area contributed by atoms with Gasteiger partial charge >= 0.3 is 5.97 Å².